The fourth-order valence-corrected chi connectivity index (χ4v) is 3.19. The molecule has 1 aliphatic carbocycles. The molecule has 0 radical (unpaired) electrons. The van der Waals surface area contributed by atoms with Crippen LogP contribution < -0.4 is 5.32 Å². The summed E-state index contributed by atoms with van der Waals surface area (Å²) in [5.74, 6) is 0.913. The Kier molecular flexibility index (Phi) is 5.24. The Balaban J connectivity index is 1.71. The monoisotopic (exact) mass is 263 g/mol. The maximum atomic E-state index is 9.50. The lowest BCUT2D eigenvalue weighted by Crippen LogP contribution is -2.45. The Morgan fingerprint density at radius 2 is 2.11 bits per heavy atom. The van der Waals surface area contributed by atoms with Gasteiger partial charge in [-0.05, 0) is 57.5 Å². The first-order valence-electron chi connectivity index (χ1n) is 8.12. The van der Waals surface area contributed by atoms with Crippen LogP contribution in [0.3, 0.4) is 0 Å². The minimum atomic E-state index is -0.259. The zero-order chi connectivity index (χ0) is 13.7. The molecule has 1 heterocycles. The first-order valence-corrected chi connectivity index (χ1v) is 8.12. The van der Waals surface area contributed by atoms with Gasteiger partial charge in [-0.2, -0.15) is 5.26 Å². The van der Waals surface area contributed by atoms with Crippen LogP contribution in [0.1, 0.15) is 58.8 Å². The van der Waals surface area contributed by atoms with E-state index in [1.165, 1.54) is 45.3 Å². The standard InChI is InChI=1S/C16H29N3/c1-3-14-8-11-19(12-14)10-5-9-16(4-2,13-17)18-15-6-7-15/h14-15,18H,3-12H2,1-2H3. The summed E-state index contributed by atoms with van der Waals surface area (Å²) >= 11 is 0. The second-order valence-electron chi connectivity index (χ2n) is 6.43. The van der Waals surface area contributed by atoms with E-state index < -0.39 is 0 Å². The number of hydrogen-bond acceptors (Lipinski definition) is 3. The molecule has 2 fully saturated rings. The molecule has 3 heteroatoms. The molecule has 0 aromatic carbocycles. The van der Waals surface area contributed by atoms with E-state index >= 15 is 0 Å². The van der Waals surface area contributed by atoms with Gasteiger partial charge in [-0.15, -0.1) is 0 Å². The maximum absolute atomic E-state index is 9.50. The van der Waals surface area contributed by atoms with Crippen molar-refractivity contribution < 1.29 is 0 Å². The second kappa shape index (κ2) is 6.72. The largest absolute Gasteiger partial charge is 0.303 e. The van der Waals surface area contributed by atoms with E-state index in [1.807, 2.05) is 0 Å². The lowest BCUT2D eigenvalue weighted by molar-refractivity contribution is 0.286. The van der Waals surface area contributed by atoms with Gasteiger partial charge >= 0.3 is 0 Å². The molecule has 0 aromatic rings. The van der Waals surface area contributed by atoms with Gasteiger partial charge in [0.25, 0.3) is 0 Å². The van der Waals surface area contributed by atoms with Gasteiger partial charge in [0.1, 0.15) is 5.54 Å². The van der Waals surface area contributed by atoms with Crippen molar-refractivity contribution in [3.8, 4) is 6.07 Å². The average Bonchev–Trinajstić information content (AvgIpc) is 3.13. The zero-order valence-electron chi connectivity index (χ0n) is 12.6. The molecule has 2 rings (SSSR count). The van der Waals surface area contributed by atoms with Gasteiger partial charge in [-0.3, -0.25) is 5.32 Å². The van der Waals surface area contributed by atoms with Crippen molar-refractivity contribution in [3.05, 3.63) is 0 Å². The van der Waals surface area contributed by atoms with Gasteiger partial charge < -0.3 is 4.90 Å². The summed E-state index contributed by atoms with van der Waals surface area (Å²) in [6, 6.07) is 3.17. The lowest BCUT2D eigenvalue weighted by Gasteiger charge is -2.27. The molecule has 1 saturated carbocycles. The van der Waals surface area contributed by atoms with Crippen molar-refractivity contribution in [2.24, 2.45) is 5.92 Å². The third-order valence-corrected chi connectivity index (χ3v) is 4.90. The summed E-state index contributed by atoms with van der Waals surface area (Å²) in [6.45, 7) is 8.15. The highest BCUT2D eigenvalue weighted by molar-refractivity contribution is 5.09. The topological polar surface area (TPSA) is 39.1 Å². The highest BCUT2D eigenvalue weighted by Gasteiger charge is 2.34. The van der Waals surface area contributed by atoms with Crippen molar-refractivity contribution in [2.75, 3.05) is 19.6 Å². The Hall–Kier alpha value is -0.590. The quantitative estimate of drug-likeness (QED) is 0.732. The number of rotatable bonds is 8. The van der Waals surface area contributed by atoms with Crippen LogP contribution in [-0.2, 0) is 0 Å². The zero-order valence-corrected chi connectivity index (χ0v) is 12.6. The molecular formula is C16H29N3. The van der Waals surface area contributed by atoms with Gasteiger partial charge in [0.05, 0.1) is 6.07 Å². The molecule has 19 heavy (non-hydrogen) atoms. The second-order valence-corrected chi connectivity index (χ2v) is 6.43. The van der Waals surface area contributed by atoms with Crippen molar-refractivity contribution in [1.29, 1.82) is 5.26 Å². The fourth-order valence-electron chi connectivity index (χ4n) is 3.19. The molecule has 0 spiro atoms. The number of hydrogen-bond donors (Lipinski definition) is 1. The highest BCUT2D eigenvalue weighted by atomic mass is 15.1. The van der Waals surface area contributed by atoms with Crippen LogP contribution in [0.2, 0.25) is 0 Å². The molecule has 2 aliphatic rings. The molecule has 2 unspecified atom stereocenters. The highest BCUT2D eigenvalue weighted by Crippen LogP contribution is 2.27. The first kappa shape index (κ1) is 14.8. The van der Waals surface area contributed by atoms with E-state index in [2.05, 4.69) is 30.1 Å². The van der Waals surface area contributed by atoms with Gasteiger partial charge in [-0.1, -0.05) is 20.3 Å². The van der Waals surface area contributed by atoms with Crippen molar-refractivity contribution in [2.45, 2.75) is 70.4 Å². The van der Waals surface area contributed by atoms with Crippen LogP contribution in [0.4, 0.5) is 0 Å². The van der Waals surface area contributed by atoms with E-state index in [1.54, 1.807) is 0 Å². The summed E-state index contributed by atoms with van der Waals surface area (Å²) in [4.78, 5) is 2.59. The predicted molar refractivity (Wildman–Crippen MR) is 78.9 cm³/mol. The van der Waals surface area contributed by atoms with Crippen LogP contribution in [0.25, 0.3) is 0 Å². The average molecular weight is 263 g/mol. The molecule has 0 aromatic heterocycles. The fraction of sp³-hybridized carbons (Fsp3) is 0.938. The van der Waals surface area contributed by atoms with Crippen molar-refractivity contribution in [1.82, 2.24) is 10.2 Å². The molecule has 1 saturated heterocycles. The molecule has 0 bridgehead atoms. The van der Waals surface area contributed by atoms with Gasteiger partial charge in [-0.25, -0.2) is 0 Å². The maximum Gasteiger partial charge on any atom is 0.106 e. The van der Waals surface area contributed by atoms with Gasteiger partial charge in [0.15, 0.2) is 0 Å². The van der Waals surface area contributed by atoms with Crippen LogP contribution in [-0.4, -0.2) is 36.1 Å². The summed E-state index contributed by atoms with van der Waals surface area (Å²) in [6.07, 6.45) is 8.28. The van der Waals surface area contributed by atoms with Crippen LogP contribution in [0.5, 0.6) is 0 Å². The van der Waals surface area contributed by atoms with E-state index in [4.69, 9.17) is 0 Å². The molecule has 1 N–H and O–H groups in total. The van der Waals surface area contributed by atoms with E-state index in [0.717, 1.165) is 25.2 Å². The number of nitriles is 1. The van der Waals surface area contributed by atoms with Crippen LogP contribution in [0.15, 0.2) is 0 Å². The van der Waals surface area contributed by atoms with E-state index in [-0.39, 0.29) is 5.54 Å². The number of nitrogens with zero attached hydrogens (tertiary/aromatic N) is 2. The minimum Gasteiger partial charge on any atom is -0.303 e. The molecule has 3 nitrogen and oxygen atoms in total. The van der Waals surface area contributed by atoms with Crippen molar-refractivity contribution in [3.63, 3.8) is 0 Å². The SMILES string of the molecule is CCC1CCN(CCCC(C#N)(CC)NC2CC2)C1. The smallest absolute Gasteiger partial charge is 0.106 e. The Morgan fingerprint density at radius 3 is 2.63 bits per heavy atom. The normalized spacial score (nSPS) is 27.1. The number of likely N-dealkylation sites (tertiary alicyclic amines) is 1. The summed E-state index contributed by atoms with van der Waals surface area (Å²) in [5, 5.41) is 13.1. The molecule has 1 aliphatic heterocycles. The summed E-state index contributed by atoms with van der Waals surface area (Å²) < 4.78 is 0. The Bertz CT molecular complexity index is 318. The minimum absolute atomic E-state index is 0.259. The van der Waals surface area contributed by atoms with Crippen molar-refractivity contribution >= 4 is 0 Å². The van der Waals surface area contributed by atoms with E-state index in [0.29, 0.717) is 6.04 Å². The molecule has 108 valence electrons. The first-order chi connectivity index (χ1) is 9.21. The van der Waals surface area contributed by atoms with Crippen LogP contribution >= 0.6 is 0 Å². The predicted octanol–water partition coefficient (Wildman–Crippen LogP) is 2.92. The Labute approximate surface area is 118 Å². The summed E-state index contributed by atoms with van der Waals surface area (Å²) in [7, 11) is 0. The number of nitrogens with one attached hydrogen (secondary N) is 1. The molecule has 2 atom stereocenters. The third-order valence-electron chi connectivity index (χ3n) is 4.90. The summed E-state index contributed by atoms with van der Waals surface area (Å²) in [5.41, 5.74) is -0.259. The molecular weight excluding hydrogens is 234 g/mol. The lowest BCUT2D eigenvalue weighted by atomic mass is 9.91. The third kappa shape index (κ3) is 4.19. The van der Waals surface area contributed by atoms with E-state index in [9.17, 15) is 5.26 Å². The van der Waals surface area contributed by atoms with Crippen LogP contribution in [0, 0.1) is 17.2 Å². The molecule has 0 amide bonds. The van der Waals surface area contributed by atoms with Gasteiger partial charge in [0.2, 0.25) is 0 Å². The van der Waals surface area contributed by atoms with Gasteiger partial charge in [0, 0.05) is 12.6 Å². The Morgan fingerprint density at radius 1 is 1.32 bits per heavy atom.